The van der Waals surface area contributed by atoms with E-state index in [9.17, 15) is 4.79 Å². The van der Waals surface area contributed by atoms with Crippen LogP contribution in [0.1, 0.15) is 135 Å². The van der Waals surface area contributed by atoms with Crippen LogP contribution in [0.5, 0.6) is 0 Å². The standard InChI is InChI=1S/C23H46ClNO2/c24-22-20-18-16-14-12-10-8-6-4-2-1-3-5-7-9-11-13-15-17-19-21-23(26)25-27/h27H,1-22H2,(H,25,26). The molecule has 0 unspecified atom stereocenters. The quantitative estimate of drug-likeness (QED) is 0.0834. The summed E-state index contributed by atoms with van der Waals surface area (Å²) in [6, 6.07) is 0. The van der Waals surface area contributed by atoms with Gasteiger partial charge in [0.25, 0.3) is 0 Å². The van der Waals surface area contributed by atoms with Crippen LogP contribution in [0.3, 0.4) is 0 Å². The highest BCUT2D eigenvalue weighted by Gasteiger charge is 1.98. The fraction of sp³-hybridized carbons (Fsp3) is 0.957. The fourth-order valence-corrected chi connectivity index (χ4v) is 3.81. The van der Waals surface area contributed by atoms with Gasteiger partial charge in [-0.05, 0) is 12.8 Å². The van der Waals surface area contributed by atoms with Crippen molar-refractivity contribution < 1.29 is 10.0 Å². The molecule has 0 bridgehead atoms. The largest absolute Gasteiger partial charge is 0.289 e. The predicted octanol–water partition coefficient (Wildman–Crippen LogP) is 7.92. The van der Waals surface area contributed by atoms with E-state index in [1.54, 1.807) is 5.48 Å². The summed E-state index contributed by atoms with van der Waals surface area (Å²) in [7, 11) is 0. The normalized spacial score (nSPS) is 11.0. The molecular formula is C23H46ClNO2. The molecule has 0 atom stereocenters. The summed E-state index contributed by atoms with van der Waals surface area (Å²) in [5.74, 6) is 0.568. The molecule has 0 spiro atoms. The average molecular weight is 404 g/mol. The molecule has 0 aliphatic rings. The number of amides is 1. The van der Waals surface area contributed by atoms with E-state index in [4.69, 9.17) is 16.8 Å². The minimum Gasteiger partial charge on any atom is -0.289 e. The summed E-state index contributed by atoms with van der Waals surface area (Å²) >= 11 is 5.68. The van der Waals surface area contributed by atoms with E-state index in [2.05, 4.69) is 0 Å². The summed E-state index contributed by atoms with van der Waals surface area (Å²) in [5, 5.41) is 8.40. The first-order valence-electron chi connectivity index (χ1n) is 11.8. The molecule has 27 heavy (non-hydrogen) atoms. The minimum absolute atomic E-state index is 0.260. The van der Waals surface area contributed by atoms with Gasteiger partial charge in [0.05, 0.1) is 0 Å². The van der Waals surface area contributed by atoms with Crippen LogP contribution in [-0.2, 0) is 4.79 Å². The van der Waals surface area contributed by atoms with Crippen LogP contribution in [0, 0.1) is 0 Å². The molecular weight excluding hydrogens is 358 g/mol. The second-order valence-corrected chi connectivity index (χ2v) is 8.42. The SMILES string of the molecule is O=C(CCCCCCCCCCCCCCCCCCCCCCCl)NO. The number of hydroxylamine groups is 1. The molecule has 0 heterocycles. The van der Waals surface area contributed by atoms with Crippen molar-refractivity contribution in [1.29, 1.82) is 0 Å². The molecule has 0 aliphatic heterocycles. The van der Waals surface area contributed by atoms with Crippen molar-refractivity contribution in [3.63, 3.8) is 0 Å². The zero-order valence-corrected chi connectivity index (χ0v) is 18.5. The van der Waals surface area contributed by atoms with Crippen LogP contribution in [0.4, 0.5) is 0 Å². The Morgan fingerprint density at radius 2 is 0.778 bits per heavy atom. The van der Waals surface area contributed by atoms with Crippen LogP contribution in [0.25, 0.3) is 0 Å². The maximum absolute atomic E-state index is 10.8. The van der Waals surface area contributed by atoms with Crippen LogP contribution in [0.15, 0.2) is 0 Å². The van der Waals surface area contributed by atoms with Gasteiger partial charge in [-0.15, -0.1) is 11.6 Å². The van der Waals surface area contributed by atoms with E-state index < -0.39 is 0 Å². The summed E-state index contributed by atoms with van der Waals surface area (Å²) in [6.07, 6.45) is 27.1. The Kier molecular flexibility index (Phi) is 23.5. The topological polar surface area (TPSA) is 49.3 Å². The molecule has 0 aliphatic carbocycles. The first kappa shape index (κ1) is 26.7. The molecule has 0 rings (SSSR count). The van der Waals surface area contributed by atoms with Crippen molar-refractivity contribution >= 4 is 17.5 Å². The molecule has 4 heteroatoms. The summed E-state index contributed by atoms with van der Waals surface area (Å²) < 4.78 is 0. The van der Waals surface area contributed by atoms with E-state index in [0.717, 1.165) is 18.7 Å². The Hall–Kier alpha value is -0.280. The third-order valence-corrected chi connectivity index (χ3v) is 5.68. The molecule has 2 N–H and O–H groups in total. The second kappa shape index (κ2) is 23.8. The number of carbonyl (C=O) groups excluding carboxylic acids is 1. The van der Waals surface area contributed by atoms with Gasteiger partial charge >= 0.3 is 0 Å². The Bertz CT molecular complexity index is 300. The summed E-state index contributed by atoms with van der Waals surface area (Å²) in [6.45, 7) is 0. The highest BCUT2D eigenvalue weighted by atomic mass is 35.5. The van der Waals surface area contributed by atoms with E-state index in [0.29, 0.717) is 6.42 Å². The van der Waals surface area contributed by atoms with Crippen molar-refractivity contribution in [1.82, 2.24) is 5.48 Å². The van der Waals surface area contributed by atoms with Crippen LogP contribution < -0.4 is 5.48 Å². The molecule has 0 aromatic rings. The maximum atomic E-state index is 10.8. The predicted molar refractivity (Wildman–Crippen MR) is 118 cm³/mol. The van der Waals surface area contributed by atoms with E-state index >= 15 is 0 Å². The van der Waals surface area contributed by atoms with Crippen LogP contribution in [-0.4, -0.2) is 17.0 Å². The monoisotopic (exact) mass is 403 g/mol. The second-order valence-electron chi connectivity index (χ2n) is 8.05. The van der Waals surface area contributed by atoms with Gasteiger partial charge < -0.3 is 0 Å². The molecule has 1 amide bonds. The van der Waals surface area contributed by atoms with Gasteiger partial charge in [-0.25, -0.2) is 5.48 Å². The zero-order valence-electron chi connectivity index (χ0n) is 17.8. The van der Waals surface area contributed by atoms with E-state index in [-0.39, 0.29) is 5.91 Å². The number of nitrogens with one attached hydrogen (secondary N) is 1. The number of hydrogen-bond donors (Lipinski definition) is 2. The number of hydrogen-bond acceptors (Lipinski definition) is 2. The zero-order chi connectivity index (χ0) is 19.8. The number of halogens is 1. The summed E-state index contributed by atoms with van der Waals surface area (Å²) in [4.78, 5) is 10.8. The molecule has 0 saturated carbocycles. The van der Waals surface area contributed by atoms with Crippen molar-refractivity contribution in [3.05, 3.63) is 0 Å². The first-order chi connectivity index (χ1) is 13.3. The highest BCUT2D eigenvalue weighted by molar-refractivity contribution is 6.17. The van der Waals surface area contributed by atoms with Gasteiger partial charge in [-0.1, -0.05) is 116 Å². The highest BCUT2D eigenvalue weighted by Crippen LogP contribution is 2.15. The smallest absolute Gasteiger partial charge is 0.243 e. The molecule has 162 valence electrons. The Labute approximate surface area is 174 Å². The number of unbranched alkanes of at least 4 members (excludes halogenated alkanes) is 19. The molecule has 0 aromatic heterocycles. The van der Waals surface area contributed by atoms with E-state index in [1.165, 1.54) is 116 Å². The van der Waals surface area contributed by atoms with Crippen LogP contribution in [0.2, 0.25) is 0 Å². The van der Waals surface area contributed by atoms with Crippen molar-refractivity contribution in [2.75, 3.05) is 5.88 Å². The lowest BCUT2D eigenvalue weighted by Gasteiger charge is -2.04. The average Bonchev–Trinajstić information content (AvgIpc) is 2.68. The number of alkyl halides is 1. The van der Waals surface area contributed by atoms with Crippen LogP contribution >= 0.6 is 11.6 Å². The van der Waals surface area contributed by atoms with Gasteiger partial charge in [0.2, 0.25) is 5.91 Å². The fourth-order valence-electron chi connectivity index (χ4n) is 3.62. The van der Waals surface area contributed by atoms with Gasteiger partial charge in [0, 0.05) is 12.3 Å². The van der Waals surface area contributed by atoms with Gasteiger partial charge in [-0.2, -0.15) is 0 Å². The Morgan fingerprint density at radius 1 is 0.519 bits per heavy atom. The molecule has 0 saturated heterocycles. The van der Waals surface area contributed by atoms with Gasteiger partial charge in [-0.3, -0.25) is 10.0 Å². The number of rotatable bonds is 22. The first-order valence-corrected chi connectivity index (χ1v) is 12.3. The Morgan fingerprint density at radius 3 is 1.04 bits per heavy atom. The van der Waals surface area contributed by atoms with Crippen molar-refractivity contribution in [2.45, 2.75) is 135 Å². The Balaban J connectivity index is 3.00. The lowest BCUT2D eigenvalue weighted by Crippen LogP contribution is -2.17. The van der Waals surface area contributed by atoms with Crippen molar-refractivity contribution in [3.8, 4) is 0 Å². The van der Waals surface area contributed by atoms with E-state index in [1.807, 2.05) is 0 Å². The van der Waals surface area contributed by atoms with Gasteiger partial charge in [0.1, 0.15) is 0 Å². The summed E-state index contributed by atoms with van der Waals surface area (Å²) in [5.41, 5.74) is 1.68. The lowest BCUT2D eigenvalue weighted by molar-refractivity contribution is -0.129. The lowest BCUT2D eigenvalue weighted by atomic mass is 10.0. The van der Waals surface area contributed by atoms with Gasteiger partial charge in [0.15, 0.2) is 0 Å². The molecule has 0 fully saturated rings. The molecule has 3 nitrogen and oxygen atoms in total. The van der Waals surface area contributed by atoms with Crippen molar-refractivity contribution in [2.24, 2.45) is 0 Å². The number of carbonyl (C=O) groups is 1. The maximum Gasteiger partial charge on any atom is 0.243 e. The third kappa shape index (κ3) is 23.7. The molecule has 0 aromatic carbocycles. The third-order valence-electron chi connectivity index (χ3n) is 5.41. The molecule has 0 radical (unpaired) electrons. The minimum atomic E-state index is -0.260.